The van der Waals surface area contributed by atoms with Crippen LogP contribution in [0.25, 0.3) is 0 Å². The van der Waals surface area contributed by atoms with Crippen molar-refractivity contribution in [3.8, 4) is 5.75 Å². The normalized spacial score (nSPS) is 14.3. The van der Waals surface area contributed by atoms with Crippen LogP contribution in [0.3, 0.4) is 0 Å². The molecule has 0 aliphatic heterocycles. The maximum absolute atomic E-state index is 5.49. The molecule has 0 bridgehead atoms. The van der Waals surface area contributed by atoms with Crippen molar-refractivity contribution in [3.05, 3.63) is 29.8 Å². The third-order valence-electron chi connectivity index (χ3n) is 3.87. The van der Waals surface area contributed by atoms with Gasteiger partial charge in [-0.25, -0.2) is 0 Å². The highest BCUT2D eigenvalue weighted by Crippen LogP contribution is 2.19. The quantitative estimate of drug-likeness (QED) is 0.748. The molecule has 1 aromatic carbocycles. The van der Waals surface area contributed by atoms with Crippen LogP contribution >= 0.6 is 0 Å². The van der Waals surface area contributed by atoms with Crippen LogP contribution < -0.4 is 10.1 Å². The second-order valence-corrected chi connectivity index (χ2v) is 5.42. The van der Waals surface area contributed by atoms with Crippen LogP contribution in [0.2, 0.25) is 0 Å². The third kappa shape index (κ3) is 5.14. The molecule has 2 unspecified atom stereocenters. The largest absolute Gasteiger partial charge is 0.494 e. The first kappa shape index (κ1) is 17.0. The van der Waals surface area contributed by atoms with Crippen LogP contribution in [0, 0.1) is 0 Å². The average molecular weight is 278 g/mol. The summed E-state index contributed by atoms with van der Waals surface area (Å²) in [4.78, 5) is 2.43. The first-order chi connectivity index (χ1) is 9.62. The summed E-state index contributed by atoms with van der Waals surface area (Å²) in [5.74, 6) is 0.943. The number of ether oxygens (including phenoxy) is 1. The van der Waals surface area contributed by atoms with Crippen molar-refractivity contribution >= 4 is 0 Å². The lowest BCUT2D eigenvalue weighted by Gasteiger charge is -2.29. The number of hydrogen-bond donors (Lipinski definition) is 1. The van der Waals surface area contributed by atoms with Gasteiger partial charge in [0.2, 0.25) is 0 Å². The van der Waals surface area contributed by atoms with Gasteiger partial charge in [0.05, 0.1) is 6.61 Å². The van der Waals surface area contributed by atoms with Gasteiger partial charge in [-0.1, -0.05) is 25.5 Å². The highest BCUT2D eigenvalue weighted by molar-refractivity contribution is 5.29. The van der Waals surface area contributed by atoms with Gasteiger partial charge in [-0.2, -0.15) is 0 Å². The molecule has 114 valence electrons. The van der Waals surface area contributed by atoms with Crippen molar-refractivity contribution in [1.82, 2.24) is 10.2 Å². The summed E-state index contributed by atoms with van der Waals surface area (Å²) in [6.07, 6.45) is 2.48. The van der Waals surface area contributed by atoms with Crippen molar-refractivity contribution in [2.45, 2.75) is 45.7 Å². The van der Waals surface area contributed by atoms with E-state index < -0.39 is 0 Å². The smallest absolute Gasteiger partial charge is 0.119 e. The molecular weight excluding hydrogens is 248 g/mol. The highest BCUT2D eigenvalue weighted by Gasteiger charge is 2.15. The van der Waals surface area contributed by atoms with Gasteiger partial charge < -0.3 is 15.0 Å². The second-order valence-electron chi connectivity index (χ2n) is 5.42. The van der Waals surface area contributed by atoms with Crippen LogP contribution in [0.15, 0.2) is 24.3 Å². The van der Waals surface area contributed by atoms with Crippen LogP contribution in [0.1, 0.15) is 45.2 Å². The number of hydrogen-bond acceptors (Lipinski definition) is 3. The Kier molecular flexibility index (Phi) is 7.63. The van der Waals surface area contributed by atoms with Crippen molar-refractivity contribution < 1.29 is 4.74 Å². The predicted molar refractivity (Wildman–Crippen MR) is 86.4 cm³/mol. The molecule has 0 fully saturated rings. The Morgan fingerprint density at radius 3 is 2.35 bits per heavy atom. The average Bonchev–Trinajstić information content (AvgIpc) is 2.46. The zero-order chi connectivity index (χ0) is 15.0. The van der Waals surface area contributed by atoms with Crippen molar-refractivity contribution in [3.63, 3.8) is 0 Å². The summed E-state index contributed by atoms with van der Waals surface area (Å²) in [5, 5.41) is 3.42. The van der Waals surface area contributed by atoms with Gasteiger partial charge in [0.1, 0.15) is 5.75 Å². The summed E-state index contributed by atoms with van der Waals surface area (Å²) in [6.45, 7) is 8.28. The summed E-state index contributed by atoms with van der Waals surface area (Å²) in [7, 11) is 4.23. The molecule has 0 aliphatic rings. The van der Waals surface area contributed by atoms with E-state index >= 15 is 0 Å². The molecule has 0 saturated carbocycles. The van der Waals surface area contributed by atoms with Gasteiger partial charge in [-0.15, -0.1) is 0 Å². The minimum atomic E-state index is 0.356. The van der Waals surface area contributed by atoms with Gasteiger partial charge in [0.15, 0.2) is 0 Å². The van der Waals surface area contributed by atoms with Crippen LogP contribution in [0.4, 0.5) is 0 Å². The molecule has 2 atom stereocenters. The SMILES string of the molecule is CCCC(C)N(C)CC(NC)c1ccc(OCC)cc1. The lowest BCUT2D eigenvalue weighted by Crippen LogP contribution is -2.36. The molecule has 0 saturated heterocycles. The lowest BCUT2D eigenvalue weighted by molar-refractivity contribution is 0.222. The van der Waals surface area contributed by atoms with E-state index in [-0.39, 0.29) is 0 Å². The van der Waals surface area contributed by atoms with Gasteiger partial charge in [-0.3, -0.25) is 0 Å². The van der Waals surface area contributed by atoms with E-state index in [1.165, 1.54) is 18.4 Å². The standard InChI is InChI=1S/C17H30N2O/c1-6-8-14(3)19(5)13-17(18-4)15-9-11-16(12-10-15)20-7-2/h9-12,14,17-18H,6-8,13H2,1-5H3. The zero-order valence-corrected chi connectivity index (χ0v) is 13.6. The Labute approximate surface area is 124 Å². The highest BCUT2D eigenvalue weighted by atomic mass is 16.5. The molecule has 1 aromatic rings. The Morgan fingerprint density at radius 2 is 1.85 bits per heavy atom. The first-order valence-corrected chi connectivity index (χ1v) is 7.72. The zero-order valence-electron chi connectivity index (χ0n) is 13.6. The van der Waals surface area contributed by atoms with E-state index in [2.05, 4.69) is 55.4 Å². The van der Waals surface area contributed by atoms with E-state index in [1.807, 2.05) is 14.0 Å². The Morgan fingerprint density at radius 1 is 1.20 bits per heavy atom. The fraction of sp³-hybridized carbons (Fsp3) is 0.647. The molecule has 0 aromatic heterocycles. The number of nitrogens with one attached hydrogen (secondary N) is 1. The maximum Gasteiger partial charge on any atom is 0.119 e. The molecule has 0 heterocycles. The van der Waals surface area contributed by atoms with Crippen molar-refractivity contribution in [1.29, 1.82) is 0 Å². The lowest BCUT2D eigenvalue weighted by atomic mass is 10.0. The second kappa shape index (κ2) is 8.98. The van der Waals surface area contributed by atoms with E-state index in [4.69, 9.17) is 4.74 Å². The maximum atomic E-state index is 5.49. The third-order valence-corrected chi connectivity index (χ3v) is 3.87. The summed E-state index contributed by atoms with van der Waals surface area (Å²) in [6, 6.07) is 9.40. The molecule has 20 heavy (non-hydrogen) atoms. The molecular formula is C17H30N2O. The molecule has 3 heteroatoms. The van der Waals surface area contributed by atoms with Crippen LogP contribution in [-0.4, -0.2) is 38.2 Å². The predicted octanol–water partition coefficient (Wildman–Crippen LogP) is 3.47. The van der Waals surface area contributed by atoms with Crippen molar-refractivity contribution in [2.75, 3.05) is 27.2 Å². The number of benzene rings is 1. The number of rotatable bonds is 9. The molecule has 1 rings (SSSR count). The summed E-state index contributed by atoms with van der Waals surface area (Å²) < 4.78 is 5.49. The fourth-order valence-electron chi connectivity index (χ4n) is 2.43. The molecule has 3 nitrogen and oxygen atoms in total. The summed E-state index contributed by atoms with van der Waals surface area (Å²) in [5.41, 5.74) is 1.31. The fourth-order valence-corrected chi connectivity index (χ4v) is 2.43. The van der Waals surface area contributed by atoms with Gasteiger partial charge in [-0.05, 0) is 52.1 Å². The van der Waals surface area contributed by atoms with Gasteiger partial charge in [0, 0.05) is 18.6 Å². The first-order valence-electron chi connectivity index (χ1n) is 7.72. The van der Waals surface area contributed by atoms with E-state index in [0.717, 1.165) is 12.3 Å². The van der Waals surface area contributed by atoms with E-state index in [9.17, 15) is 0 Å². The number of nitrogens with zero attached hydrogens (tertiary/aromatic N) is 1. The van der Waals surface area contributed by atoms with E-state index in [0.29, 0.717) is 18.7 Å². The topological polar surface area (TPSA) is 24.5 Å². The van der Waals surface area contributed by atoms with E-state index in [1.54, 1.807) is 0 Å². The minimum absolute atomic E-state index is 0.356. The monoisotopic (exact) mass is 278 g/mol. The Balaban J connectivity index is 2.65. The minimum Gasteiger partial charge on any atom is -0.494 e. The molecule has 1 N–H and O–H groups in total. The Bertz CT molecular complexity index is 364. The Hall–Kier alpha value is -1.06. The molecule has 0 aliphatic carbocycles. The molecule has 0 spiro atoms. The summed E-state index contributed by atoms with van der Waals surface area (Å²) >= 11 is 0. The van der Waals surface area contributed by atoms with Crippen molar-refractivity contribution in [2.24, 2.45) is 0 Å². The van der Waals surface area contributed by atoms with Gasteiger partial charge in [0.25, 0.3) is 0 Å². The van der Waals surface area contributed by atoms with Gasteiger partial charge >= 0.3 is 0 Å². The van der Waals surface area contributed by atoms with Crippen LogP contribution in [-0.2, 0) is 0 Å². The molecule has 0 radical (unpaired) electrons. The van der Waals surface area contributed by atoms with Crippen LogP contribution in [0.5, 0.6) is 5.75 Å². The molecule has 0 amide bonds. The number of likely N-dealkylation sites (N-methyl/N-ethyl adjacent to an activating group) is 2.